The molecule has 0 bridgehead atoms. The predicted molar refractivity (Wildman–Crippen MR) is 85.7 cm³/mol. The van der Waals surface area contributed by atoms with Crippen molar-refractivity contribution in [2.24, 2.45) is 0 Å². The van der Waals surface area contributed by atoms with Gasteiger partial charge < -0.3 is 5.32 Å². The fourth-order valence-electron chi connectivity index (χ4n) is 1.88. The summed E-state index contributed by atoms with van der Waals surface area (Å²) in [6.45, 7) is 3.97. The number of nitrogens with one attached hydrogen (secondary N) is 1. The van der Waals surface area contributed by atoms with E-state index in [1.54, 1.807) is 12.1 Å². The maximum absolute atomic E-state index is 12.3. The topological polar surface area (TPSA) is 29.1 Å². The average Bonchev–Trinajstić information content (AvgIpc) is 2.32. The fourth-order valence-corrected chi connectivity index (χ4v) is 3.18. The van der Waals surface area contributed by atoms with E-state index in [0.717, 1.165) is 25.8 Å². The highest BCUT2D eigenvalue weighted by molar-refractivity contribution is 9.11. The molecule has 0 saturated carbocycles. The Morgan fingerprint density at radius 3 is 2.05 bits per heavy atom. The maximum Gasteiger partial charge on any atom is 0.255 e. The van der Waals surface area contributed by atoms with Crippen molar-refractivity contribution in [2.45, 2.75) is 13.8 Å². The van der Waals surface area contributed by atoms with Gasteiger partial charge in [-0.25, -0.2) is 0 Å². The number of hydrogen-bond acceptors (Lipinski definition) is 1. The number of amides is 1. The number of anilines is 1. The van der Waals surface area contributed by atoms with Crippen molar-refractivity contribution in [3.63, 3.8) is 0 Å². The molecule has 4 heteroatoms. The molecule has 0 aliphatic carbocycles. The van der Waals surface area contributed by atoms with Crippen LogP contribution >= 0.6 is 31.9 Å². The van der Waals surface area contributed by atoms with E-state index in [2.05, 4.69) is 37.2 Å². The standard InChI is InChI=1S/C15H13Br2NO/c1-9-4-3-5-10(2)14(9)18-15(19)11-6-12(16)8-13(17)7-11/h3-8H,1-2H3,(H,18,19). The van der Waals surface area contributed by atoms with Crippen molar-refractivity contribution in [1.82, 2.24) is 0 Å². The highest BCUT2D eigenvalue weighted by Crippen LogP contribution is 2.23. The first-order valence-corrected chi connectivity index (χ1v) is 7.39. The van der Waals surface area contributed by atoms with Crippen molar-refractivity contribution in [3.05, 3.63) is 62.0 Å². The van der Waals surface area contributed by atoms with Gasteiger partial charge in [-0.3, -0.25) is 4.79 Å². The Bertz CT molecular complexity index is 598. The third-order valence-corrected chi connectivity index (χ3v) is 3.76. The van der Waals surface area contributed by atoms with Crippen LogP contribution in [0.25, 0.3) is 0 Å². The van der Waals surface area contributed by atoms with Gasteiger partial charge in [-0.05, 0) is 43.2 Å². The van der Waals surface area contributed by atoms with Crippen LogP contribution in [0.2, 0.25) is 0 Å². The van der Waals surface area contributed by atoms with Crippen molar-refractivity contribution in [3.8, 4) is 0 Å². The normalized spacial score (nSPS) is 10.3. The molecule has 0 aliphatic rings. The van der Waals surface area contributed by atoms with Crippen LogP contribution in [-0.4, -0.2) is 5.91 Å². The molecular weight excluding hydrogens is 370 g/mol. The van der Waals surface area contributed by atoms with Crippen LogP contribution in [-0.2, 0) is 0 Å². The number of para-hydroxylation sites is 1. The summed E-state index contributed by atoms with van der Waals surface area (Å²) in [6, 6.07) is 11.5. The first-order valence-electron chi connectivity index (χ1n) is 5.81. The van der Waals surface area contributed by atoms with Crippen molar-refractivity contribution < 1.29 is 4.79 Å². The summed E-state index contributed by atoms with van der Waals surface area (Å²) in [7, 11) is 0. The van der Waals surface area contributed by atoms with Crippen LogP contribution in [0.1, 0.15) is 21.5 Å². The number of rotatable bonds is 2. The van der Waals surface area contributed by atoms with Gasteiger partial charge in [-0.2, -0.15) is 0 Å². The highest BCUT2D eigenvalue weighted by atomic mass is 79.9. The first kappa shape index (κ1) is 14.3. The van der Waals surface area contributed by atoms with Crippen LogP contribution in [0.15, 0.2) is 45.3 Å². The van der Waals surface area contributed by atoms with Crippen LogP contribution in [0.5, 0.6) is 0 Å². The lowest BCUT2D eigenvalue weighted by molar-refractivity contribution is 0.102. The maximum atomic E-state index is 12.3. The molecule has 0 heterocycles. The van der Waals surface area contributed by atoms with Gasteiger partial charge in [0, 0.05) is 20.2 Å². The Hall–Kier alpha value is -1.13. The lowest BCUT2D eigenvalue weighted by Gasteiger charge is -2.11. The molecule has 0 radical (unpaired) electrons. The largest absolute Gasteiger partial charge is 0.322 e. The minimum Gasteiger partial charge on any atom is -0.322 e. The average molecular weight is 383 g/mol. The molecule has 2 rings (SSSR count). The number of carbonyl (C=O) groups is 1. The third-order valence-electron chi connectivity index (χ3n) is 2.84. The van der Waals surface area contributed by atoms with E-state index in [1.165, 1.54) is 0 Å². The minimum absolute atomic E-state index is 0.112. The Balaban J connectivity index is 2.31. The Kier molecular flexibility index (Phi) is 4.42. The molecule has 2 aromatic rings. The molecule has 2 aromatic carbocycles. The van der Waals surface area contributed by atoms with E-state index in [0.29, 0.717) is 5.56 Å². The van der Waals surface area contributed by atoms with Crippen molar-refractivity contribution >= 4 is 43.5 Å². The Labute approximate surface area is 129 Å². The number of benzene rings is 2. The molecule has 1 amide bonds. The van der Waals surface area contributed by atoms with Gasteiger partial charge >= 0.3 is 0 Å². The third kappa shape index (κ3) is 3.45. The molecule has 0 spiro atoms. The summed E-state index contributed by atoms with van der Waals surface area (Å²) in [4.78, 5) is 12.3. The molecule has 0 aromatic heterocycles. The zero-order valence-corrected chi connectivity index (χ0v) is 13.8. The zero-order chi connectivity index (χ0) is 14.0. The summed E-state index contributed by atoms with van der Waals surface area (Å²) >= 11 is 6.77. The summed E-state index contributed by atoms with van der Waals surface area (Å²) in [5.74, 6) is -0.112. The Morgan fingerprint density at radius 1 is 1.00 bits per heavy atom. The number of carbonyl (C=O) groups excluding carboxylic acids is 1. The van der Waals surface area contributed by atoms with Gasteiger partial charge in [-0.15, -0.1) is 0 Å². The molecule has 0 atom stereocenters. The summed E-state index contributed by atoms with van der Waals surface area (Å²) in [5, 5.41) is 2.97. The van der Waals surface area contributed by atoms with E-state index in [-0.39, 0.29) is 5.91 Å². The van der Waals surface area contributed by atoms with Crippen molar-refractivity contribution in [2.75, 3.05) is 5.32 Å². The summed E-state index contributed by atoms with van der Waals surface area (Å²) in [5.41, 5.74) is 3.61. The quantitative estimate of drug-likeness (QED) is 0.770. The molecule has 0 fully saturated rings. The van der Waals surface area contributed by atoms with Gasteiger partial charge in [-0.1, -0.05) is 50.1 Å². The molecule has 19 heavy (non-hydrogen) atoms. The molecule has 1 N–H and O–H groups in total. The second-order valence-electron chi connectivity index (χ2n) is 4.38. The van der Waals surface area contributed by atoms with E-state index >= 15 is 0 Å². The van der Waals surface area contributed by atoms with Crippen LogP contribution < -0.4 is 5.32 Å². The Morgan fingerprint density at radius 2 is 1.53 bits per heavy atom. The predicted octanol–water partition coefficient (Wildman–Crippen LogP) is 5.08. The molecule has 0 saturated heterocycles. The lowest BCUT2D eigenvalue weighted by Crippen LogP contribution is -2.13. The fraction of sp³-hybridized carbons (Fsp3) is 0.133. The van der Waals surface area contributed by atoms with E-state index in [9.17, 15) is 4.79 Å². The number of halogens is 2. The van der Waals surface area contributed by atoms with Crippen LogP contribution in [0.4, 0.5) is 5.69 Å². The molecule has 2 nitrogen and oxygen atoms in total. The number of aryl methyl sites for hydroxylation is 2. The zero-order valence-electron chi connectivity index (χ0n) is 10.6. The monoisotopic (exact) mass is 381 g/mol. The van der Waals surface area contributed by atoms with E-state index in [4.69, 9.17) is 0 Å². The van der Waals surface area contributed by atoms with Gasteiger partial charge in [0.05, 0.1) is 0 Å². The molecule has 0 unspecified atom stereocenters. The highest BCUT2D eigenvalue weighted by Gasteiger charge is 2.10. The van der Waals surface area contributed by atoms with Crippen LogP contribution in [0.3, 0.4) is 0 Å². The van der Waals surface area contributed by atoms with Gasteiger partial charge in [0.25, 0.3) is 5.91 Å². The van der Waals surface area contributed by atoms with E-state index in [1.807, 2.05) is 38.1 Å². The molecule has 0 aliphatic heterocycles. The first-order chi connectivity index (χ1) is 8.97. The van der Waals surface area contributed by atoms with Crippen LogP contribution in [0, 0.1) is 13.8 Å². The molecular formula is C15H13Br2NO. The summed E-state index contributed by atoms with van der Waals surface area (Å²) < 4.78 is 1.74. The van der Waals surface area contributed by atoms with E-state index < -0.39 is 0 Å². The van der Waals surface area contributed by atoms with Gasteiger partial charge in [0.15, 0.2) is 0 Å². The van der Waals surface area contributed by atoms with Crippen molar-refractivity contribution in [1.29, 1.82) is 0 Å². The second-order valence-corrected chi connectivity index (χ2v) is 6.21. The SMILES string of the molecule is Cc1cccc(C)c1NC(=O)c1cc(Br)cc(Br)c1. The van der Waals surface area contributed by atoms with Gasteiger partial charge in [0.1, 0.15) is 0 Å². The lowest BCUT2D eigenvalue weighted by atomic mass is 10.1. The smallest absolute Gasteiger partial charge is 0.255 e. The summed E-state index contributed by atoms with van der Waals surface area (Å²) in [6.07, 6.45) is 0. The minimum atomic E-state index is -0.112. The second kappa shape index (κ2) is 5.88. The van der Waals surface area contributed by atoms with Gasteiger partial charge in [0.2, 0.25) is 0 Å². The molecule has 98 valence electrons. The number of hydrogen-bond donors (Lipinski definition) is 1.